The second kappa shape index (κ2) is 13.9. The Labute approximate surface area is 307 Å². The van der Waals surface area contributed by atoms with Gasteiger partial charge >= 0.3 is 0 Å². The van der Waals surface area contributed by atoms with Crippen molar-refractivity contribution >= 4 is 68.0 Å². The molecule has 10 heteroatoms. The lowest BCUT2D eigenvalue weighted by Crippen LogP contribution is -2.19. The molecule has 0 fully saturated rings. The molecule has 6 rings (SSSR count). The maximum absolute atomic E-state index is 12.3. The van der Waals surface area contributed by atoms with Crippen molar-refractivity contribution in [1.82, 2.24) is 0 Å². The largest absolute Gasteiger partial charge is 0.507 e. The van der Waals surface area contributed by atoms with Gasteiger partial charge in [-0.2, -0.15) is 0 Å². The SMILES string of the molecule is C=c1c(O)c2c(=C(C)C)c(O)c(O)c(=CSc3ccccc3)c2c(O)/c1=c1/c(C)c(O)c2c(C(C)C)c(O)c(O)c(=CSc3ccccc3)c2c1O. The summed E-state index contributed by atoms with van der Waals surface area (Å²) in [5, 5.41) is 96.7. The Bertz CT molecular complexity index is 2780. The van der Waals surface area contributed by atoms with Crippen LogP contribution >= 0.6 is 23.5 Å². The summed E-state index contributed by atoms with van der Waals surface area (Å²) in [5.41, 5.74) is 0.811. The molecular weight excluding hydrogens is 697 g/mol. The van der Waals surface area contributed by atoms with Gasteiger partial charge in [-0.25, -0.2) is 0 Å². The molecule has 0 aliphatic heterocycles. The molecule has 52 heavy (non-hydrogen) atoms. The Morgan fingerprint density at radius 3 is 1.50 bits per heavy atom. The fraction of sp³-hybridized carbons (Fsp3) is 0.143. The third-order valence-corrected chi connectivity index (χ3v) is 11.0. The molecule has 266 valence electrons. The maximum atomic E-state index is 12.3. The Morgan fingerprint density at radius 2 is 1.02 bits per heavy atom. The molecule has 0 heterocycles. The molecule has 8 nitrogen and oxygen atoms in total. The molecular formula is C42H38O8S2. The molecule has 6 aromatic carbocycles. The van der Waals surface area contributed by atoms with Gasteiger partial charge in [0.05, 0.1) is 0 Å². The van der Waals surface area contributed by atoms with Gasteiger partial charge in [0.25, 0.3) is 0 Å². The molecule has 0 saturated carbocycles. The van der Waals surface area contributed by atoms with Crippen LogP contribution in [0.5, 0.6) is 46.0 Å². The Hall–Kier alpha value is -5.58. The minimum atomic E-state index is -0.538. The summed E-state index contributed by atoms with van der Waals surface area (Å²) in [5.74, 6) is -4.14. The van der Waals surface area contributed by atoms with E-state index in [0.717, 1.165) is 9.79 Å². The molecule has 0 saturated heterocycles. The summed E-state index contributed by atoms with van der Waals surface area (Å²) in [6, 6.07) is 18.5. The lowest BCUT2D eigenvalue weighted by molar-refractivity contribution is 0.395. The van der Waals surface area contributed by atoms with E-state index in [2.05, 4.69) is 6.58 Å². The second-order valence-corrected chi connectivity index (χ2v) is 14.9. The van der Waals surface area contributed by atoms with Gasteiger partial charge in [0.15, 0.2) is 23.0 Å². The highest BCUT2D eigenvalue weighted by molar-refractivity contribution is 8.06. The summed E-state index contributed by atoms with van der Waals surface area (Å²) in [7, 11) is 0. The van der Waals surface area contributed by atoms with Crippen LogP contribution in [0.25, 0.3) is 44.5 Å². The van der Waals surface area contributed by atoms with Crippen LogP contribution in [0.15, 0.2) is 70.5 Å². The van der Waals surface area contributed by atoms with E-state index in [9.17, 15) is 40.9 Å². The first-order valence-electron chi connectivity index (χ1n) is 16.4. The monoisotopic (exact) mass is 734 g/mol. The zero-order valence-corrected chi connectivity index (χ0v) is 30.7. The second-order valence-electron chi connectivity index (χ2n) is 13.0. The van der Waals surface area contributed by atoms with Gasteiger partial charge in [-0.15, -0.1) is 0 Å². The summed E-state index contributed by atoms with van der Waals surface area (Å²) in [6.45, 7) is 12.5. The number of phenols is 8. The van der Waals surface area contributed by atoms with Crippen LogP contribution in [0.1, 0.15) is 44.7 Å². The van der Waals surface area contributed by atoms with Crippen LogP contribution < -0.4 is 20.9 Å². The van der Waals surface area contributed by atoms with Gasteiger partial charge in [0.1, 0.15) is 23.0 Å². The first-order chi connectivity index (χ1) is 24.7. The first kappa shape index (κ1) is 36.2. The quantitative estimate of drug-likeness (QED) is 0.0525. The van der Waals surface area contributed by atoms with Gasteiger partial charge in [0, 0.05) is 73.8 Å². The maximum Gasteiger partial charge on any atom is 0.166 e. The van der Waals surface area contributed by atoms with Gasteiger partial charge in [-0.05, 0) is 61.8 Å². The topological polar surface area (TPSA) is 162 Å². The van der Waals surface area contributed by atoms with E-state index >= 15 is 0 Å². The molecule has 0 spiro atoms. The number of thioether (sulfide) groups is 2. The van der Waals surface area contributed by atoms with Crippen LogP contribution in [0.2, 0.25) is 0 Å². The number of aromatic hydroxyl groups is 8. The summed E-state index contributed by atoms with van der Waals surface area (Å²) < 4.78 is 0. The van der Waals surface area contributed by atoms with E-state index in [0.29, 0.717) is 5.57 Å². The van der Waals surface area contributed by atoms with Gasteiger partial charge in [-0.3, -0.25) is 0 Å². The van der Waals surface area contributed by atoms with Crippen LogP contribution in [-0.4, -0.2) is 40.9 Å². The van der Waals surface area contributed by atoms with Gasteiger partial charge < -0.3 is 40.9 Å². The zero-order chi connectivity index (χ0) is 37.8. The van der Waals surface area contributed by atoms with E-state index in [1.54, 1.807) is 38.5 Å². The molecule has 0 bridgehead atoms. The van der Waals surface area contributed by atoms with Crippen LogP contribution in [0, 0.1) is 17.4 Å². The standard InChI is InChI=1S/C42H38O8S2/c1-19(2)27-33-31(25(37(45)41(27)49)17-51-23-13-9-7-10-14-23)39(47)29(21(5)35(33)43)30-22(6)36(44)34-28(20(3)4)42(50)38(46)26(32(34)40(30)48)18-52-24-15-11-8-12-16-24/h7-18,20,43-50H,5H2,1-4,6H3/b25-17?,26-18?,30-29-. The predicted molar refractivity (Wildman–Crippen MR) is 210 cm³/mol. The normalized spacial score (nSPS) is 13.1. The summed E-state index contributed by atoms with van der Waals surface area (Å²) >= 11 is 2.43. The molecule has 0 atom stereocenters. The van der Waals surface area contributed by atoms with Crippen molar-refractivity contribution < 1.29 is 40.9 Å². The van der Waals surface area contributed by atoms with E-state index in [-0.39, 0.29) is 69.7 Å². The van der Waals surface area contributed by atoms with Crippen LogP contribution in [-0.2, 0) is 0 Å². The number of rotatable bonds is 5. The lowest BCUT2D eigenvalue weighted by atomic mass is 9.89. The highest BCUT2D eigenvalue weighted by Crippen LogP contribution is 2.46. The number of fused-ring (bicyclic) bond motifs is 2. The third-order valence-electron chi connectivity index (χ3n) is 9.19. The molecule has 0 radical (unpaired) electrons. The van der Waals surface area contributed by atoms with Gasteiger partial charge in [0.2, 0.25) is 0 Å². The number of hydrogen-bond acceptors (Lipinski definition) is 10. The predicted octanol–water partition coefficient (Wildman–Crippen LogP) is 7.02. The summed E-state index contributed by atoms with van der Waals surface area (Å²) in [4.78, 5) is 1.60. The molecule has 0 amide bonds. The molecule has 0 aromatic heterocycles. The van der Waals surface area contributed by atoms with Crippen molar-refractivity contribution in [1.29, 1.82) is 0 Å². The van der Waals surface area contributed by atoms with E-state index < -0.39 is 46.2 Å². The average molecular weight is 735 g/mol. The van der Waals surface area contributed by atoms with Crippen molar-refractivity contribution in [2.45, 2.75) is 50.3 Å². The van der Waals surface area contributed by atoms with E-state index in [1.165, 1.54) is 30.4 Å². The zero-order valence-electron chi connectivity index (χ0n) is 29.1. The Balaban J connectivity index is 1.93. The molecule has 0 unspecified atom stereocenters. The first-order valence-corrected chi connectivity index (χ1v) is 18.1. The molecule has 0 aliphatic rings. The van der Waals surface area contributed by atoms with Gasteiger partial charge in [-0.1, -0.05) is 85.9 Å². The third kappa shape index (κ3) is 5.78. The minimum absolute atomic E-state index is 0.000464. The number of benzene rings is 6. The van der Waals surface area contributed by atoms with E-state index in [4.69, 9.17) is 0 Å². The smallest absolute Gasteiger partial charge is 0.166 e. The average Bonchev–Trinajstić information content (AvgIpc) is 3.12. The fourth-order valence-corrected chi connectivity index (χ4v) is 8.33. The van der Waals surface area contributed by atoms with Crippen LogP contribution in [0.3, 0.4) is 0 Å². The lowest BCUT2D eigenvalue weighted by Gasteiger charge is -2.19. The number of hydrogen-bond donors (Lipinski definition) is 8. The molecule has 6 aromatic rings. The Kier molecular flexibility index (Phi) is 9.65. The van der Waals surface area contributed by atoms with Crippen molar-refractivity contribution in [3.8, 4) is 46.0 Å². The fourth-order valence-electron chi connectivity index (χ4n) is 6.73. The Morgan fingerprint density at radius 1 is 0.558 bits per heavy atom. The minimum Gasteiger partial charge on any atom is -0.507 e. The highest BCUT2D eigenvalue weighted by Gasteiger charge is 2.26. The van der Waals surface area contributed by atoms with Crippen molar-refractivity contribution in [2.75, 3.05) is 0 Å². The van der Waals surface area contributed by atoms with Crippen molar-refractivity contribution in [3.63, 3.8) is 0 Å². The van der Waals surface area contributed by atoms with Crippen LogP contribution in [0.4, 0.5) is 0 Å². The highest BCUT2D eigenvalue weighted by atomic mass is 32.2. The van der Waals surface area contributed by atoms with E-state index in [1.807, 2.05) is 60.7 Å². The van der Waals surface area contributed by atoms with Crippen molar-refractivity contribution in [3.05, 3.63) is 103 Å². The molecule has 8 N–H and O–H groups in total. The summed E-state index contributed by atoms with van der Waals surface area (Å²) in [6.07, 6.45) is 0. The number of phenolic OH excluding ortho intramolecular Hbond substituents is 8. The van der Waals surface area contributed by atoms with Crippen molar-refractivity contribution in [2.24, 2.45) is 0 Å². The molecule has 0 aliphatic carbocycles.